The molecule has 0 saturated carbocycles. The van der Waals surface area contributed by atoms with Crippen molar-refractivity contribution in [3.63, 3.8) is 0 Å². The van der Waals surface area contributed by atoms with E-state index in [1.54, 1.807) is 0 Å². The second kappa shape index (κ2) is 6.45. The highest BCUT2D eigenvalue weighted by molar-refractivity contribution is 5.91. The Balaban J connectivity index is 2.70. The maximum absolute atomic E-state index is 13.6. The third-order valence-corrected chi connectivity index (χ3v) is 2.97. The number of piperidine rings is 1. The zero-order valence-corrected chi connectivity index (χ0v) is 11.2. The van der Waals surface area contributed by atoms with Gasteiger partial charge in [0, 0.05) is 27.2 Å². The summed E-state index contributed by atoms with van der Waals surface area (Å²) in [6.07, 6.45) is 2.52. The van der Waals surface area contributed by atoms with Crippen LogP contribution in [-0.2, 0) is 9.59 Å². The third kappa shape index (κ3) is 4.15. The molecule has 2 amide bonds. The average Bonchev–Trinajstić information content (AvgIpc) is 2.36. The number of hydrogen-bond acceptors (Lipinski definition) is 2. The van der Waals surface area contributed by atoms with Gasteiger partial charge in [-0.05, 0) is 24.8 Å². The van der Waals surface area contributed by atoms with Crippen molar-refractivity contribution in [2.75, 3.05) is 27.2 Å². The SMILES string of the molecule is C=C(F)C(=O)N1CCCC(/C=C(\F)C(=O)N(C)C)C1. The molecule has 0 aromatic rings. The van der Waals surface area contributed by atoms with Gasteiger partial charge in [-0.1, -0.05) is 6.58 Å². The van der Waals surface area contributed by atoms with Gasteiger partial charge in [0.25, 0.3) is 11.8 Å². The number of amides is 2. The average molecular weight is 272 g/mol. The summed E-state index contributed by atoms with van der Waals surface area (Å²) in [5.41, 5.74) is 0. The highest BCUT2D eigenvalue weighted by atomic mass is 19.1. The molecule has 0 radical (unpaired) electrons. The molecule has 0 bridgehead atoms. The molecule has 1 fully saturated rings. The summed E-state index contributed by atoms with van der Waals surface area (Å²) in [4.78, 5) is 25.2. The van der Waals surface area contributed by atoms with Gasteiger partial charge >= 0.3 is 0 Å². The number of carbonyl (C=O) groups is 2. The monoisotopic (exact) mass is 272 g/mol. The second-order valence-electron chi connectivity index (χ2n) is 4.77. The van der Waals surface area contributed by atoms with Crippen molar-refractivity contribution in [3.05, 3.63) is 24.3 Å². The molecule has 1 atom stereocenters. The van der Waals surface area contributed by atoms with Crippen LogP contribution in [-0.4, -0.2) is 48.8 Å². The third-order valence-electron chi connectivity index (χ3n) is 2.97. The fraction of sp³-hybridized carbons (Fsp3) is 0.538. The first-order valence-corrected chi connectivity index (χ1v) is 6.05. The predicted molar refractivity (Wildman–Crippen MR) is 67.4 cm³/mol. The number of hydrogen-bond donors (Lipinski definition) is 0. The number of halogens is 2. The van der Waals surface area contributed by atoms with E-state index >= 15 is 0 Å². The minimum absolute atomic E-state index is 0.204. The molecule has 0 aliphatic carbocycles. The largest absolute Gasteiger partial charge is 0.343 e. The molecule has 1 unspecified atom stereocenters. The van der Waals surface area contributed by atoms with Crippen molar-refractivity contribution in [1.29, 1.82) is 0 Å². The van der Waals surface area contributed by atoms with Crippen LogP contribution in [0.2, 0.25) is 0 Å². The normalized spacial score (nSPS) is 20.1. The van der Waals surface area contributed by atoms with E-state index in [0.29, 0.717) is 19.4 Å². The lowest BCUT2D eigenvalue weighted by Crippen LogP contribution is -2.39. The summed E-state index contributed by atoms with van der Waals surface area (Å²) in [5.74, 6) is -3.62. The molecule has 6 heteroatoms. The fourth-order valence-corrected chi connectivity index (χ4v) is 1.99. The minimum atomic E-state index is -1.02. The van der Waals surface area contributed by atoms with Crippen LogP contribution in [0, 0.1) is 5.92 Å². The first kappa shape index (κ1) is 15.3. The lowest BCUT2D eigenvalue weighted by atomic mass is 9.97. The molecule has 0 N–H and O–H groups in total. The Morgan fingerprint density at radius 2 is 2.00 bits per heavy atom. The van der Waals surface area contributed by atoms with E-state index in [2.05, 4.69) is 6.58 Å². The van der Waals surface area contributed by atoms with Gasteiger partial charge in [-0.25, -0.2) is 8.78 Å². The van der Waals surface area contributed by atoms with Crippen molar-refractivity contribution in [1.82, 2.24) is 9.80 Å². The van der Waals surface area contributed by atoms with Gasteiger partial charge in [-0.15, -0.1) is 0 Å². The lowest BCUT2D eigenvalue weighted by Gasteiger charge is -2.30. The first-order valence-electron chi connectivity index (χ1n) is 6.05. The summed E-state index contributed by atoms with van der Waals surface area (Å²) in [7, 11) is 2.92. The molecule has 1 aliphatic heterocycles. The smallest absolute Gasteiger partial charge is 0.281 e. The zero-order chi connectivity index (χ0) is 14.6. The Hall–Kier alpha value is -1.72. The topological polar surface area (TPSA) is 40.6 Å². The summed E-state index contributed by atoms with van der Waals surface area (Å²) >= 11 is 0. The fourth-order valence-electron chi connectivity index (χ4n) is 1.99. The Kier molecular flexibility index (Phi) is 5.20. The van der Waals surface area contributed by atoms with Crippen LogP contribution in [0.1, 0.15) is 12.8 Å². The summed E-state index contributed by atoms with van der Waals surface area (Å²) in [6.45, 7) is 3.59. The maximum Gasteiger partial charge on any atom is 0.281 e. The molecule has 1 saturated heterocycles. The standard InChI is InChI=1S/C13H18F2N2O2/c1-9(14)12(18)17-6-4-5-10(8-17)7-11(15)13(19)16(2)3/h7,10H,1,4-6,8H2,2-3H3/b11-7-. The highest BCUT2D eigenvalue weighted by Crippen LogP contribution is 2.21. The molecular formula is C13H18F2N2O2. The predicted octanol–water partition coefficient (Wildman–Crippen LogP) is 1.65. The molecule has 0 spiro atoms. The molecular weight excluding hydrogens is 254 g/mol. The molecule has 0 aromatic carbocycles. The Bertz CT molecular complexity index is 419. The van der Waals surface area contributed by atoms with Crippen LogP contribution in [0.5, 0.6) is 0 Å². The van der Waals surface area contributed by atoms with Crippen LogP contribution < -0.4 is 0 Å². The van der Waals surface area contributed by atoms with E-state index in [1.807, 2.05) is 0 Å². The second-order valence-corrected chi connectivity index (χ2v) is 4.77. The van der Waals surface area contributed by atoms with E-state index in [9.17, 15) is 18.4 Å². The highest BCUT2D eigenvalue weighted by Gasteiger charge is 2.25. The van der Waals surface area contributed by atoms with Gasteiger partial charge in [0.2, 0.25) is 0 Å². The van der Waals surface area contributed by atoms with E-state index in [-0.39, 0.29) is 12.5 Å². The number of likely N-dealkylation sites (N-methyl/N-ethyl adjacent to an activating group) is 1. The molecule has 1 rings (SSSR count). The van der Waals surface area contributed by atoms with Crippen molar-refractivity contribution in [3.8, 4) is 0 Å². The first-order chi connectivity index (χ1) is 8.82. The van der Waals surface area contributed by atoms with Crippen molar-refractivity contribution >= 4 is 11.8 Å². The van der Waals surface area contributed by atoms with Crippen molar-refractivity contribution in [2.24, 2.45) is 5.92 Å². The summed E-state index contributed by atoms with van der Waals surface area (Å²) < 4.78 is 26.4. The quantitative estimate of drug-likeness (QED) is 0.733. The van der Waals surface area contributed by atoms with Gasteiger partial charge in [0.15, 0.2) is 11.7 Å². The van der Waals surface area contributed by atoms with Crippen LogP contribution in [0.3, 0.4) is 0 Å². The van der Waals surface area contributed by atoms with Crippen LogP contribution >= 0.6 is 0 Å². The minimum Gasteiger partial charge on any atom is -0.343 e. The van der Waals surface area contributed by atoms with Crippen molar-refractivity contribution < 1.29 is 18.4 Å². The molecule has 106 valence electrons. The molecule has 19 heavy (non-hydrogen) atoms. The van der Waals surface area contributed by atoms with Gasteiger partial charge in [-0.2, -0.15) is 0 Å². The van der Waals surface area contributed by atoms with Gasteiger partial charge in [0.1, 0.15) is 0 Å². The van der Waals surface area contributed by atoms with Crippen LogP contribution in [0.4, 0.5) is 8.78 Å². The van der Waals surface area contributed by atoms with Crippen molar-refractivity contribution in [2.45, 2.75) is 12.8 Å². The molecule has 4 nitrogen and oxygen atoms in total. The van der Waals surface area contributed by atoms with E-state index in [1.165, 1.54) is 25.1 Å². The Labute approximate surface area is 111 Å². The van der Waals surface area contributed by atoms with E-state index < -0.39 is 23.5 Å². The van der Waals surface area contributed by atoms with E-state index in [0.717, 1.165) is 4.90 Å². The van der Waals surface area contributed by atoms with Gasteiger partial charge < -0.3 is 9.80 Å². The van der Waals surface area contributed by atoms with Gasteiger partial charge in [-0.3, -0.25) is 9.59 Å². The summed E-state index contributed by atoms with van der Waals surface area (Å²) in [6, 6.07) is 0. The number of likely N-dealkylation sites (tertiary alicyclic amines) is 1. The number of rotatable bonds is 3. The van der Waals surface area contributed by atoms with Gasteiger partial charge in [0.05, 0.1) is 0 Å². The summed E-state index contributed by atoms with van der Waals surface area (Å²) in [5, 5.41) is 0. The number of carbonyl (C=O) groups excluding carboxylic acids is 2. The maximum atomic E-state index is 13.6. The number of nitrogens with zero attached hydrogens (tertiary/aromatic N) is 2. The zero-order valence-electron chi connectivity index (χ0n) is 11.2. The molecule has 1 aliphatic rings. The van der Waals surface area contributed by atoms with E-state index in [4.69, 9.17) is 0 Å². The molecule has 0 aromatic heterocycles. The van der Waals surface area contributed by atoms with Crippen LogP contribution in [0.25, 0.3) is 0 Å². The Morgan fingerprint density at radius 1 is 1.37 bits per heavy atom. The van der Waals surface area contributed by atoms with Crippen LogP contribution in [0.15, 0.2) is 24.3 Å². The Morgan fingerprint density at radius 3 is 2.53 bits per heavy atom. The lowest BCUT2D eigenvalue weighted by molar-refractivity contribution is -0.130. The molecule has 1 heterocycles.